The summed E-state index contributed by atoms with van der Waals surface area (Å²) in [5.74, 6) is -0.975. The van der Waals surface area contributed by atoms with Gasteiger partial charge < -0.3 is 5.11 Å². The highest BCUT2D eigenvalue weighted by Gasteiger charge is 2.63. The number of alkyl halides is 3. The smallest absolute Gasteiger partial charge is 0.362 e. The van der Waals surface area contributed by atoms with Crippen molar-refractivity contribution < 1.29 is 23.1 Å². The molecule has 0 bridgehead atoms. The van der Waals surface area contributed by atoms with E-state index >= 15 is 0 Å². The molecule has 0 aliphatic carbocycles. The van der Waals surface area contributed by atoms with Crippen LogP contribution >= 0.6 is 23.2 Å². The Morgan fingerprint density at radius 1 is 1.35 bits per heavy atom. The largest absolute Gasteiger partial charge is 0.438 e. The number of aliphatic hydroxyl groups is 1. The minimum atomic E-state index is -5.03. The predicted molar refractivity (Wildman–Crippen MR) is 89.5 cm³/mol. The van der Waals surface area contributed by atoms with Crippen molar-refractivity contribution in [2.24, 2.45) is 5.10 Å². The third-order valence-corrected chi connectivity index (χ3v) is 5.07. The molecule has 1 fully saturated rings. The molecule has 1 saturated heterocycles. The van der Waals surface area contributed by atoms with E-state index in [-0.39, 0.29) is 23.2 Å². The Morgan fingerprint density at radius 2 is 2.04 bits per heavy atom. The lowest BCUT2D eigenvalue weighted by atomic mass is 10.0. The summed E-state index contributed by atoms with van der Waals surface area (Å²) < 4.78 is 39.8. The van der Waals surface area contributed by atoms with Crippen LogP contribution in [0.3, 0.4) is 0 Å². The second-order valence-corrected chi connectivity index (χ2v) is 7.09. The van der Waals surface area contributed by atoms with Gasteiger partial charge in [0.05, 0.1) is 10.0 Å². The monoisotopic (exact) mass is 410 g/mol. The Bertz CT molecular complexity index is 774. The topological polar surface area (TPSA) is 77.0 Å². The molecular formula is C15H15Cl2F3N4O2. The average Bonchev–Trinajstić information content (AvgIpc) is 3.14. The minimum absolute atomic E-state index is 0.0187. The molecule has 142 valence electrons. The van der Waals surface area contributed by atoms with Gasteiger partial charge in [-0.3, -0.25) is 4.79 Å². The Kier molecular flexibility index (Phi) is 4.95. The van der Waals surface area contributed by atoms with Gasteiger partial charge >= 0.3 is 6.18 Å². The zero-order valence-corrected chi connectivity index (χ0v) is 15.0. The highest BCUT2D eigenvalue weighted by molar-refractivity contribution is 6.42. The number of benzene rings is 1. The van der Waals surface area contributed by atoms with Crippen molar-refractivity contribution in [1.29, 1.82) is 0 Å². The van der Waals surface area contributed by atoms with E-state index < -0.39 is 30.3 Å². The quantitative estimate of drug-likeness (QED) is 0.700. The van der Waals surface area contributed by atoms with Crippen molar-refractivity contribution in [2.75, 3.05) is 0 Å². The molecule has 2 aliphatic rings. The second-order valence-electron chi connectivity index (χ2n) is 6.28. The standard InChI is InChI=1S/C15H15Cl2F3N4O2/c1-7-6-14(26,15(18,19)20)24(23-7)13(25)12-5-11(21-22-12)8-2-3-9(16)10(17)4-8/h2-4,11-12,21-22,26H,5-6H2,1H3. The number of halogens is 5. The number of amides is 1. The van der Waals surface area contributed by atoms with Gasteiger partial charge in [-0.1, -0.05) is 29.3 Å². The molecule has 0 saturated carbocycles. The summed E-state index contributed by atoms with van der Waals surface area (Å²) in [4.78, 5) is 12.6. The van der Waals surface area contributed by atoms with Crippen LogP contribution in [-0.2, 0) is 4.79 Å². The van der Waals surface area contributed by atoms with E-state index in [1.165, 1.54) is 6.92 Å². The molecule has 0 radical (unpaired) electrons. The lowest BCUT2D eigenvalue weighted by molar-refractivity contribution is -0.302. The van der Waals surface area contributed by atoms with Crippen molar-refractivity contribution in [3.63, 3.8) is 0 Å². The summed E-state index contributed by atoms with van der Waals surface area (Å²) >= 11 is 11.8. The Morgan fingerprint density at radius 3 is 2.65 bits per heavy atom. The first kappa shape index (κ1) is 19.4. The van der Waals surface area contributed by atoms with Crippen LogP contribution in [0.25, 0.3) is 0 Å². The summed E-state index contributed by atoms with van der Waals surface area (Å²) in [5.41, 5.74) is 2.90. The van der Waals surface area contributed by atoms with Gasteiger partial charge in [0.2, 0.25) is 0 Å². The van der Waals surface area contributed by atoms with E-state index in [9.17, 15) is 23.1 Å². The van der Waals surface area contributed by atoms with Gasteiger partial charge in [0.1, 0.15) is 6.04 Å². The van der Waals surface area contributed by atoms with Crippen LogP contribution < -0.4 is 10.9 Å². The van der Waals surface area contributed by atoms with Gasteiger partial charge in [-0.15, -0.1) is 0 Å². The first-order valence-electron chi connectivity index (χ1n) is 7.66. The molecule has 26 heavy (non-hydrogen) atoms. The molecule has 3 unspecified atom stereocenters. The van der Waals surface area contributed by atoms with E-state index in [4.69, 9.17) is 23.2 Å². The van der Waals surface area contributed by atoms with Crippen LogP contribution in [0.4, 0.5) is 13.2 Å². The molecule has 0 spiro atoms. The molecular weight excluding hydrogens is 396 g/mol. The van der Waals surface area contributed by atoms with Crippen molar-refractivity contribution in [3.05, 3.63) is 33.8 Å². The van der Waals surface area contributed by atoms with E-state index in [2.05, 4.69) is 16.0 Å². The number of hydrazine groups is 1. The second kappa shape index (κ2) is 6.65. The van der Waals surface area contributed by atoms with Crippen molar-refractivity contribution in [2.45, 2.75) is 43.8 Å². The first-order valence-corrected chi connectivity index (χ1v) is 8.42. The maximum atomic E-state index is 13.3. The molecule has 1 aromatic rings. The van der Waals surface area contributed by atoms with E-state index in [1.54, 1.807) is 18.2 Å². The molecule has 2 heterocycles. The summed E-state index contributed by atoms with van der Waals surface area (Å²) in [6, 6.07) is 3.53. The zero-order valence-electron chi connectivity index (χ0n) is 13.4. The molecule has 1 amide bonds. The Balaban J connectivity index is 1.78. The van der Waals surface area contributed by atoms with E-state index in [1.807, 2.05) is 0 Å². The third-order valence-electron chi connectivity index (χ3n) is 4.33. The highest BCUT2D eigenvalue weighted by Crippen LogP contribution is 2.41. The number of carbonyl (C=O) groups excluding carboxylic acids is 1. The van der Waals surface area contributed by atoms with Gasteiger partial charge in [0.15, 0.2) is 0 Å². The number of hydrogen-bond acceptors (Lipinski definition) is 5. The van der Waals surface area contributed by atoms with Gasteiger partial charge in [0.25, 0.3) is 11.6 Å². The van der Waals surface area contributed by atoms with Crippen LogP contribution in [0, 0.1) is 0 Å². The maximum absolute atomic E-state index is 13.3. The van der Waals surface area contributed by atoms with Crippen LogP contribution in [0.5, 0.6) is 0 Å². The highest BCUT2D eigenvalue weighted by atomic mass is 35.5. The summed E-state index contributed by atoms with van der Waals surface area (Å²) in [5, 5.41) is 14.4. The number of rotatable bonds is 2. The molecule has 3 atom stereocenters. The number of hydrogen-bond donors (Lipinski definition) is 3. The Hall–Kier alpha value is -1.39. The van der Waals surface area contributed by atoms with Crippen LogP contribution in [0.15, 0.2) is 23.3 Å². The number of hydrazone groups is 1. The van der Waals surface area contributed by atoms with Crippen molar-refractivity contribution >= 4 is 34.8 Å². The molecule has 2 aliphatic heterocycles. The van der Waals surface area contributed by atoms with Crippen molar-refractivity contribution in [1.82, 2.24) is 15.9 Å². The summed E-state index contributed by atoms with van der Waals surface area (Å²) in [6.07, 6.45) is -5.66. The lowest BCUT2D eigenvalue weighted by Gasteiger charge is -2.33. The minimum Gasteiger partial charge on any atom is -0.362 e. The zero-order chi connectivity index (χ0) is 19.3. The van der Waals surface area contributed by atoms with Crippen LogP contribution in [0.1, 0.15) is 31.4 Å². The fourth-order valence-electron chi connectivity index (χ4n) is 2.99. The summed E-state index contributed by atoms with van der Waals surface area (Å²) in [6.45, 7) is 1.32. The Labute approximate surface area is 156 Å². The van der Waals surface area contributed by atoms with Gasteiger partial charge in [-0.25, -0.2) is 10.9 Å². The fraction of sp³-hybridized carbons (Fsp3) is 0.467. The molecule has 6 nitrogen and oxygen atoms in total. The number of carbonyl (C=O) groups is 1. The number of nitrogens with zero attached hydrogens (tertiary/aromatic N) is 2. The van der Waals surface area contributed by atoms with Crippen molar-refractivity contribution in [3.8, 4) is 0 Å². The summed E-state index contributed by atoms with van der Waals surface area (Å²) in [7, 11) is 0. The maximum Gasteiger partial charge on any atom is 0.438 e. The van der Waals surface area contributed by atoms with Gasteiger partial charge in [0, 0.05) is 18.2 Å². The molecule has 3 rings (SSSR count). The SMILES string of the molecule is CC1=NN(C(=O)C2CC(c3ccc(Cl)c(Cl)c3)NN2)C(O)(C(F)(F)F)C1. The van der Waals surface area contributed by atoms with Crippen LogP contribution in [-0.4, -0.2) is 39.7 Å². The van der Waals surface area contributed by atoms with Crippen LogP contribution in [0.2, 0.25) is 10.0 Å². The predicted octanol–water partition coefficient (Wildman–Crippen LogP) is 2.76. The van der Waals surface area contributed by atoms with Gasteiger partial charge in [-0.2, -0.15) is 23.3 Å². The van der Waals surface area contributed by atoms with Gasteiger partial charge in [-0.05, 0) is 31.0 Å². The molecule has 3 N–H and O–H groups in total. The fourth-order valence-corrected chi connectivity index (χ4v) is 3.29. The third kappa shape index (κ3) is 3.29. The molecule has 11 heteroatoms. The normalized spacial score (nSPS) is 29.2. The lowest BCUT2D eigenvalue weighted by Crippen LogP contribution is -2.59. The average molecular weight is 411 g/mol. The van der Waals surface area contributed by atoms with E-state index in [0.29, 0.717) is 10.0 Å². The number of nitrogens with one attached hydrogen (secondary N) is 2. The molecule has 1 aromatic carbocycles. The molecule has 0 aromatic heterocycles. The first-order chi connectivity index (χ1) is 12.0. The van der Waals surface area contributed by atoms with E-state index in [0.717, 1.165) is 5.56 Å².